The Morgan fingerprint density at radius 1 is 0.578 bits per heavy atom. The van der Waals surface area contributed by atoms with Crippen LogP contribution in [-0.4, -0.2) is 86.0 Å². The van der Waals surface area contributed by atoms with Crippen molar-refractivity contribution in [2.75, 3.05) is 23.8 Å². The van der Waals surface area contributed by atoms with Crippen molar-refractivity contribution in [2.45, 2.75) is 51.4 Å². The van der Waals surface area contributed by atoms with E-state index in [9.17, 15) is 38.4 Å². The topological polar surface area (TPSA) is 240 Å². The number of nitrogens with one attached hydrogen (secondary N) is 4. The summed E-state index contributed by atoms with van der Waals surface area (Å²) in [6.07, 6.45) is 2.13. The minimum atomic E-state index is -1.62. The van der Waals surface area contributed by atoms with Crippen LogP contribution < -0.4 is 30.7 Å². The number of amides is 4. The van der Waals surface area contributed by atoms with Gasteiger partial charge in [0.1, 0.15) is 38.6 Å². The van der Waals surface area contributed by atoms with Crippen molar-refractivity contribution in [1.29, 1.82) is 0 Å². The largest absolute Gasteiger partial charge is 0.486 e. The van der Waals surface area contributed by atoms with Crippen LogP contribution in [0.2, 0.25) is 0 Å². The van der Waals surface area contributed by atoms with Crippen LogP contribution in [0.4, 0.5) is 11.4 Å². The molecule has 18 heteroatoms. The second-order valence-electron chi connectivity index (χ2n) is 13.7. The van der Waals surface area contributed by atoms with Gasteiger partial charge >= 0.3 is 23.9 Å². The van der Waals surface area contributed by atoms with Gasteiger partial charge in [-0.2, -0.15) is 0 Å². The van der Waals surface area contributed by atoms with Crippen molar-refractivity contribution < 1.29 is 66.8 Å². The fourth-order valence-corrected chi connectivity index (χ4v) is 6.04. The lowest BCUT2D eigenvalue weighted by Crippen LogP contribution is -2.50. The molecule has 0 bridgehead atoms. The van der Waals surface area contributed by atoms with E-state index in [4.69, 9.17) is 28.4 Å². The first-order valence-corrected chi connectivity index (χ1v) is 19.7. The molecule has 4 aromatic carbocycles. The highest BCUT2D eigenvalue weighted by atomic mass is 16.6. The van der Waals surface area contributed by atoms with E-state index in [1.54, 1.807) is 48.5 Å². The van der Waals surface area contributed by atoms with Gasteiger partial charge in [0.2, 0.25) is 12.8 Å². The van der Waals surface area contributed by atoms with Crippen LogP contribution in [0.1, 0.15) is 45.7 Å². The number of ether oxygens (including phenoxy) is 6. The molecular weight excluding hydrogens is 833 g/mol. The van der Waals surface area contributed by atoms with E-state index in [2.05, 4.69) is 21.3 Å². The van der Waals surface area contributed by atoms with Gasteiger partial charge in [0, 0.05) is 12.2 Å². The molecule has 5 rings (SSSR count). The lowest BCUT2D eigenvalue weighted by Gasteiger charge is -2.24. The Kier molecular flexibility index (Phi) is 17.3. The van der Waals surface area contributed by atoms with Crippen molar-refractivity contribution in [2.24, 2.45) is 0 Å². The number of rotatable bonds is 14. The number of anilines is 2. The molecule has 1 heterocycles. The molecular formula is C46H44N4O14. The fourth-order valence-electron chi connectivity index (χ4n) is 6.04. The molecule has 4 atom stereocenters. The van der Waals surface area contributed by atoms with E-state index in [0.717, 1.165) is 35.4 Å². The minimum absolute atomic E-state index is 0.0113. The fraction of sp³-hybridized carbons (Fsp3) is 0.217. The SMILES string of the molecule is C[C@H]1OC(=O)/C=C/COC(=O)[C@@H](NC(=O)c2cccc(NC=O)c2OCc2ccccc2)[C@@H](C)OC(=O)/C=C/COC(=O)[C@H]1NC(=O)c1cccc(NC=O)c1OCc1ccccc1. The van der Waals surface area contributed by atoms with Gasteiger partial charge in [0.15, 0.2) is 23.6 Å². The molecule has 0 radical (unpaired) electrons. The van der Waals surface area contributed by atoms with E-state index in [1.807, 2.05) is 12.1 Å². The third-order valence-electron chi connectivity index (χ3n) is 9.18. The molecule has 0 aliphatic carbocycles. The third kappa shape index (κ3) is 13.4. The van der Waals surface area contributed by atoms with Gasteiger partial charge in [0.05, 0.1) is 22.5 Å². The molecule has 0 saturated carbocycles. The molecule has 1 aliphatic heterocycles. The number of carbonyl (C=O) groups excluding carboxylic acids is 8. The molecule has 0 aromatic heterocycles. The summed E-state index contributed by atoms with van der Waals surface area (Å²) < 4.78 is 33.4. The average molecular weight is 877 g/mol. The van der Waals surface area contributed by atoms with Crippen molar-refractivity contribution in [3.05, 3.63) is 144 Å². The monoisotopic (exact) mass is 876 g/mol. The van der Waals surface area contributed by atoms with Gasteiger partial charge < -0.3 is 49.7 Å². The number of benzene rings is 4. The zero-order valence-corrected chi connectivity index (χ0v) is 34.6. The zero-order chi connectivity index (χ0) is 45.8. The van der Waals surface area contributed by atoms with Crippen molar-refractivity contribution >= 4 is 59.9 Å². The van der Waals surface area contributed by atoms with E-state index in [-0.39, 0.29) is 47.2 Å². The summed E-state index contributed by atoms with van der Waals surface area (Å²) in [7, 11) is 0. The highest BCUT2D eigenvalue weighted by molar-refractivity contribution is 6.02. The number of cyclic esters (lactones) is 4. The molecule has 18 nitrogen and oxygen atoms in total. The van der Waals surface area contributed by atoms with Crippen LogP contribution >= 0.6 is 0 Å². The summed E-state index contributed by atoms with van der Waals surface area (Å²) >= 11 is 0. The van der Waals surface area contributed by atoms with Gasteiger partial charge in [-0.1, -0.05) is 72.8 Å². The molecule has 4 aromatic rings. The first kappa shape index (κ1) is 46.8. The van der Waals surface area contributed by atoms with Gasteiger partial charge in [-0.3, -0.25) is 19.2 Å². The summed E-state index contributed by atoms with van der Waals surface area (Å²) in [5.41, 5.74) is 1.68. The lowest BCUT2D eigenvalue weighted by molar-refractivity contribution is -0.156. The summed E-state index contributed by atoms with van der Waals surface area (Å²) in [5.74, 6) is -5.86. The van der Waals surface area contributed by atoms with Crippen LogP contribution in [0.25, 0.3) is 0 Å². The maximum absolute atomic E-state index is 13.8. The Bertz CT molecular complexity index is 2210. The molecule has 0 spiro atoms. The molecule has 0 unspecified atom stereocenters. The Morgan fingerprint density at radius 2 is 0.969 bits per heavy atom. The highest BCUT2D eigenvalue weighted by Gasteiger charge is 2.34. The summed E-state index contributed by atoms with van der Waals surface area (Å²) in [6, 6.07) is 23.6. The number of hydrogen-bond acceptors (Lipinski definition) is 14. The summed E-state index contributed by atoms with van der Waals surface area (Å²) in [5, 5.41) is 9.99. The Hall–Kier alpha value is -8.28. The lowest BCUT2D eigenvalue weighted by atomic mass is 10.1. The molecule has 4 amide bonds. The predicted octanol–water partition coefficient (Wildman–Crippen LogP) is 3.95. The molecule has 0 saturated heterocycles. The van der Waals surface area contributed by atoms with E-state index < -0.39 is 73.2 Å². The van der Waals surface area contributed by atoms with Gasteiger partial charge in [0.25, 0.3) is 11.8 Å². The Balaban J connectivity index is 1.32. The number of esters is 4. The Labute approximate surface area is 366 Å². The molecule has 0 fully saturated rings. The van der Waals surface area contributed by atoms with Crippen LogP contribution in [0.3, 0.4) is 0 Å². The average Bonchev–Trinajstić information content (AvgIpc) is 3.29. The quantitative estimate of drug-likeness (QED) is 0.0797. The maximum Gasteiger partial charge on any atom is 0.332 e. The van der Waals surface area contributed by atoms with Crippen LogP contribution in [-0.2, 0) is 60.9 Å². The molecule has 4 N–H and O–H groups in total. The second kappa shape index (κ2) is 23.6. The first-order valence-electron chi connectivity index (χ1n) is 19.7. The van der Waals surface area contributed by atoms with E-state index in [1.165, 1.54) is 50.2 Å². The van der Waals surface area contributed by atoms with Crippen molar-refractivity contribution in [3.8, 4) is 11.5 Å². The Morgan fingerprint density at radius 3 is 1.34 bits per heavy atom. The van der Waals surface area contributed by atoms with E-state index in [0.29, 0.717) is 12.8 Å². The van der Waals surface area contributed by atoms with Crippen molar-refractivity contribution in [1.82, 2.24) is 10.6 Å². The summed E-state index contributed by atoms with van der Waals surface area (Å²) in [6.45, 7) is 1.61. The van der Waals surface area contributed by atoms with Crippen LogP contribution in [0, 0.1) is 0 Å². The standard InChI is InChI=1S/C46H44N4O14/c1-29-39(49-43(55)33-17-9-19-35(47-27-51)41(33)61-25-31-13-5-3-6-14-31)45(57)59-23-12-22-38(54)64-30(2)40(46(58)60-24-11-21-37(53)63-29)50-44(56)34-18-10-20-36(48-28-52)42(34)62-26-32-15-7-4-8-16-32/h3-22,27-30,39-40H,23-26H2,1-2H3,(H,47,51)(H,48,52)(H,49,55)(H,50,56)/b21-11+,22-12+/t29-,30-,39+,40+/m1/s1. The number of carbonyl (C=O) groups is 8. The maximum atomic E-state index is 13.8. The first-order chi connectivity index (χ1) is 31.0. The van der Waals surface area contributed by atoms with Gasteiger partial charge in [-0.15, -0.1) is 0 Å². The van der Waals surface area contributed by atoms with Crippen LogP contribution in [0.5, 0.6) is 11.5 Å². The summed E-state index contributed by atoms with van der Waals surface area (Å²) in [4.78, 5) is 103. The highest BCUT2D eigenvalue weighted by Crippen LogP contribution is 2.31. The van der Waals surface area contributed by atoms with Crippen molar-refractivity contribution in [3.63, 3.8) is 0 Å². The third-order valence-corrected chi connectivity index (χ3v) is 9.18. The molecule has 332 valence electrons. The van der Waals surface area contributed by atoms with Crippen LogP contribution in [0.15, 0.2) is 121 Å². The smallest absolute Gasteiger partial charge is 0.332 e. The van der Waals surface area contributed by atoms with Gasteiger partial charge in [-0.05, 0) is 61.4 Å². The molecule has 64 heavy (non-hydrogen) atoms. The predicted molar refractivity (Wildman–Crippen MR) is 228 cm³/mol. The van der Waals surface area contributed by atoms with E-state index >= 15 is 0 Å². The second-order valence-corrected chi connectivity index (χ2v) is 13.7. The normalized spacial score (nSPS) is 19.3. The number of para-hydroxylation sites is 2. The minimum Gasteiger partial charge on any atom is -0.486 e. The van der Waals surface area contributed by atoms with Gasteiger partial charge in [-0.25, -0.2) is 19.2 Å². The zero-order valence-electron chi connectivity index (χ0n) is 34.6. The number of hydrogen-bond donors (Lipinski definition) is 4. The molecule has 1 aliphatic rings.